The highest BCUT2D eigenvalue weighted by Crippen LogP contribution is 2.25. The number of fused-ring (bicyclic) bond motifs is 1. The van der Waals surface area contributed by atoms with E-state index in [1.54, 1.807) is 23.0 Å². The molecule has 2 heterocycles. The topological polar surface area (TPSA) is 73.2 Å². The summed E-state index contributed by atoms with van der Waals surface area (Å²) in [7, 11) is 1.64. The Morgan fingerprint density at radius 1 is 1.46 bits per heavy atom. The maximum absolute atomic E-state index is 12.9. The number of aromatic nitrogens is 2. The Morgan fingerprint density at radius 2 is 2.23 bits per heavy atom. The summed E-state index contributed by atoms with van der Waals surface area (Å²) in [4.78, 5) is 31.5. The summed E-state index contributed by atoms with van der Waals surface area (Å²) in [5.41, 5.74) is -0.0351. The van der Waals surface area contributed by atoms with Crippen molar-refractivity contribution in [1.29, 1.82) is 0 Å². The number of carbonyl (C=O) groups excluding carboxylic acids is 1. The first-order valence-corrected chi connectivity index (χ1v) is 10.7. The van der Waals surface area contributed by atoms with Gasteiger partial charge in [0.25, 0.3) is 5.56 Å². The molecule has 6 nitrogen and oxygen atoms in total. The van der Waals surface area contributed by atoms with E-state index in [0.717, 1.165) is 22.5 Å². The van der Waals surface area contributed by atoms with E-state index in [0.29, 0.717) is 36.2 Å². The summed E-state index contributed by atoms with van der Waals surface area (Å²) < 4.78 is 6.77. The molecule has 0 spiro atoms. The van der Waals surface area contributed by atoms with E-state index in [1.165, 1.54) is 11.8 Å². The van der Waals surface area contributed by atoms with Crippen LogP contribution in [0.4, 0.5) is 0 Å². The number of rotatable bonds is 10. The maximum atomic E-state index is 12.9. The molecule has 144 valence electrons. The second-order valence-electron chi connectivity index (χ2n) is 6.47. The number of carbonyl (C=O) groups is 1. The van der Waals surface area contributed by atoms with Crippen molar-refractivity contribution < 1.29 is 9.53 Å². The van der Waals surface area contributed by atoms with Crippen LogP contribution in [0, 0.1) is 5.92 Å². The quantitative estimate of drug-likeness (QED) is 0.379. The maximum Gasteiger partial charge on any atom is 0.262 e. The van der Waals surface area contributed by atoms with Gasteiger partial charge in [0, 0.05) is 31.7 Å². The van der Waals surface area contributed by atoms with E-state index < -0.39 is 0 Å². The minimum absolute atomic E-state index is 0.0351. The van der Waals surface area contributed by atoms with Crippen molar-refractivity contribution in [2.45, 2.75) is 45.3 Å². The highest BCUT2D eigenvalue weighted by Gasteiger charge is 2.15. The molecule has 0 bridgehead atoms. The van der Waals surface area contributed by atoms with Crippen LogP contribution in [0.1, 0.15) is 32.1 Å². The zero-order chi connectivity index (χ0) is 19.1. The lowest BCUT2D eigenvalue weighted by molar-refractivity contribution is -0.118. The SMILES string of the molecule is CCc1cc2c(=O)n(CCCOC)c(SCC(=O)NCC(C)C)nc2s1. The molecule has 0 saturated carbocycles. The number of nitrogens with one attached hydrogen (secondary N) is 1. The number of thiophene rings is 1. The van der Waals surface area contributed by atoms with Gasteiger partial charge in [-0.2, -0.15) is 0 Å². The number of nitrogens with zero attached hydrogens (tertiary/aromatic N) is 2. The van der Waals surface area contributed by atoms with Gasteiger partial charge >= 0.3 is 0 Å². The Hall–Kier alpha value is -1.38. The van der Waals surface area contributed by atoms with Crippen molar-refractivity contribution in [2.75, 3.05) is 26.0 Å². The van der Waals surface area contributed by atoms with E-state index in [2.05, 4.69) is 31.1 Å². The third-order valence-corrected chi connectivity index (χ3v) is 5.94. The van der Waals surface area contributed by atoms with Crippen LogP contribution in [0.2, 0.25) is 0 Å². The van der Waals surface area contributed by atoms with E-state index in [-0.39, 0.29) is 17.2 Å². The summed E-state index contributed by atoms with van der Waals surface area (Å²) in [5.74, 6) is 0.618. The van der Waals surface area contributed by atoms with Crippen molar-refractivity contribution >= 4 is 39.2 Å². The van der Waals surface area contributed by atoms with Crippen LogP contribution >= 0.6 is 23.1 Å². The van der Waals surface area contributed by atoms with Gasteiger partial charge in [0.1, 0.15) is 4.83 Å². The second-order valence-corrected chi connectivity index (χ2v) is 8.53. The van der Waals surface area contributed by atoms with E-state index in [9.17, 15) is 9.59 Å². The first-order valence-electron chi connectivity index (χ1n) is 8.87. The molecule has 0 unspecified atom stereocenters. The predicted octanol–water partition coefficient (Wildman–Crippen LogP) is 2.92. The zero-order valence-corrected chi connectivity index (χ0v) is 17.5. The molecule has 0 fully saturated rings. The molecule has 1 N–H and O–H groups in total. The van der Waals surface area contributed by atoms with Gasteiger partial charge in [-0.05, 0) is 24.8 Å². The number of hydrogen-bond donors (Lipinski definition) is 1. The van der Waals surface area contributed by atoms with Gasteiger partial charge in [-0.1, -0.05) is 32.5 Å². The predicted molar refractivity (Wildman–Crippen MR) is 108 cm³/mol. The standard InChI is InChI=1S/C18H27N3O3S2/c1-5-13-9-14-16(26-13)20-18(21(17(14)23)7-6-8-24-4)25-11-15(22)19-10-12(2)3/h9,12H,5-8,10-11H2,1-4H3,(H,19,22). The Bertz CT molecular complexity index is 799. The molecule has 0 aliphatic heterocycles. The minimum atomic E-state index is -0.0399. The highest BCUT2D eigenvalue weighted by atomic mass is 32.2. The fourth-order valence-electron chi connectivity index (χ4n) is 2.39. The molecule has 0 aliphatic carbocycles. The molecule has 0 radical (unpaired) electrons. The third-order valence-electron chi connectivity index (χ3n) is 3.79. The lowest BCUT2D eigenvalue weighted by atomic mass is 10.2. The summed E-state index contributed by atoms with van der Waals surface area (Å²) in [6.45, 7) is 7.93. The molecular weight excluding hydrogens is 370 g/mol. The average molecular weight is 398 g/mol. The minimum Gasteiger partial charge on any atom is -0.385 e. The van der Waals surface area contributed by atoms with E-state index in [1.807, 2.05) is 6.07 Å². The lowest BCUT2D eigenvalue weighted by Gasteiger charge is -2.12. The Labute approximate surface area is 162 Å². The molecule has 8 heteroatoms. The largest absolute Gasteiger partial charge is 0.385 e. The highest BCUT2D eigenvalue weighted by molar-refractivity contribution is 7.99. The zero-order valence-electron chi connectivity index (χ0n) is 15.8. The lowest BCUT2D eigenvalue weighted by Crippen LogP contribution is -2.29. The molecular formula is C18H27N3O3S2. The Kier molecular flexibility index (Phi) is 8.12. The van der Waals surface area contributed by atoms with E-state index >= 15 is 0 Å². The molecule has 0 atom stereocenters. The van der Waals surface area contributed by atoms with Crippen molar-refractivity contribution in [3.63, 3.8) is 0 Å². The van der Waals surface area contributed by atoms with Crippen molar-refractivity contribution in [3.05, 3.63) is 21.3 Å². The number of amides is 1. The third kappa shape index (κ3) is 5.56. The fourth-order valence-corrected chi connectivity index (χ4v) is 4.26. The van der Waals surface area contributed by atoms with Crippen molar-refractivity contribution in [3.8, 4) is 0 Å². The fraction of sp³-hybridized carbons (Fsp3) is 0.611. The molecule has 0 aromatic carbocycles. The van der Waals surface area contributed by atoms with Crippen LogP contribution in [0.15, 0.2) is 16.0 Å². The first-order chi connectivity index (χ1) is 12.5. The second kappa shape index (κ2) is 10.1. The molecule has 0 saturated heterocycles. The monoisotopic (exact) mass is 397 g/mol. The van der Waals surface area contributed by atoms with Gasteiger partial charge in [0.15, 0.2) is 5.16 Å². The number of methoxy groups -OCH3 is 1. The van der Waals surface area contributed by atoms with Gasteiger partial charge in [-0.25, -0.2) is 4.98 Å². The number of hydrogen-bond acceptors (Lipinski definition) is 6. The Balaban J connectivity index is 2.25. The van der Waals surface area contributed by atoms with Gasteiger partial charge in [-0.15, -0.1) is 11.3 Å². The summed E-state index contributed by atoms with van der Waals surface area (Å²) in [6, 6.07) is 1.94. The first kappa shape index (κ1) is 20.9. The summed E-state index contributed by atoms with van der Waals surface area (Å²) in [5, 5.41) is 4.16. The van der Waals surface area contributed by atoms with Crippen LogP contribution in [0.5, 0.6) is 0 Å². The van der Waals surface area contributed by atoms with Crippen LogP contribution in [-0.2, 0) is 22.5 Å². The van der Waals surface area contributed by atoms with Crippen LogP contribution < -0.4 is 10.9 Å². The molecule has 2 aromatic heterocycles. The molecule has 2 rings (SSSR count). The molecule has 0 aliphatic rings. The van der Waals surface area contributed by atoms with Crippen molar-refractivity contribution in [1.82, 2.24) is 14.9 Å². The number of aryl methyl sites for hydroxylation is 1. The normalized spacial score (nSPS) is 11.4. The number of ether oxygens (including phenoxy) is 1. The Morgan fingerprint density at radius 3 is 2.88 bits per heavy atom. The van der Waals surface area contributed by atoms with Crippen LogP contribution in [-0.4, -0.2) is 41.5 Å². The summed E-state index contributed by atoms with van der Waals surface area (Å²) in [6.07, 6.45) is 1.60. The number of thioether (sulfide) groups is 1. The smallest absolute Gasteiger partial charge is 0.262 e. The van der Waals surface area contributed by atoms with E-state index in [4.69, 9.17) is 4.74 Å². The van der Waals surface area contributed by atoms with Gasteiger partial charge < -0.3 is 10.1 Å². The molecule has 1 amide bonds. The van der Waals surface area contributed by atoms with Crippen LogP contribution in [0.3, 0.4) is 0 Å². The van der Waals surface area contributed by atoms with Crippen molar-refractivity contribution in [2.24, 2.45) is 5.92 Å². The molecule has 2 aromatic rings. The molecule has 26 heavy (non-hydrogen) atoms. The average Bonchev–Trinajstić information content (AvgIpc) is 3.04. The van der Waals surface area contributed by atoms with Gasteiger partial charge in [-0.3, -0.25) is 14.2 Å². The summed E-state index contributed by atoms with van der Waals surface area (Å²) >= 11 is 2.86. The van der Waals surface area contributed by atoms with Gasteiger partial charge in [0.05, 0.1) is 11.1 Å². The van der Waals surface area contributed by atoms with Crippen LogP contribution in [0.25, 0.3) is 10.2 Å². The van der Waals surface area contributed by atoms with Gasteiger partial charge in [0.2, 0.25) is 5.91 Å².